The van der Waals surface area contributed by atoms with E-state index in [1.54, 1.807) is 0 Å². The molecule has 0 bridgehead atoms. The first-order valence-electron chi connectivity index (χ1n) is 9.62. The molecule has 4 rings (SSSR count). The number of nitrogens with zero attached hydrogens (tertiary/aromatic N) is 3. The Morgan fingerprint density at radius 3 is 2.57 bits per heavy atom. The predicted octanol–water partition coefficient (Wildman–Crippen LogP) is 5.53. The first kappa shape index (κ1) is 18.4. The van der Waals surface area contributed by atoms with Crippen molar-refractivity contribution in [1.29, 1.82) is 0 Å². The van der Waals surface area contributed by atoms with E-state index in [0.717, 1.165) is 46.8 Å². The second-order valence-corrected chi connectivity index (χ2v) is 7.69. The summed E-state index contributed by atoms with van der Waals surface area (Å²) in [5, 5.41) is 1.95. The van der Waals surface area contributed by atoms with Crippen molar-refractivity contribution in [3.8, 4) is 5.69 Å². The first-order valence-corrected chi connectivity index (χ1v) is 10.5. The summed E-state index contributed by atoms with van der Waals surface area (Å²) in [6.45, 7) is 3.36. The lowest BCUT2D eigenvalue weighted by Crippen LogP contribution is -2.32. The monoisotopic (exact) mass is 389 g/mol. The van der Waals surface area contributed by atoms with Gasteiger partial charge in [0.1, 0.15) is 5.82 Å². The van der Waals surface area contributed by atoms with Gasteiger partial charge < -0.3 is 4.90 Å². The molecule has 0 fully saturated rings. The van der Waals surface area contributed by atoms with Crippen LogP contribution in [0.2, 0.25) is 0 Å². The SMILES string of the molecule is CCCCN(Cc1nc2ccccc2n1-c1ccccc1)C(=O)c1cccs1. The van der Waals surface area contributed by atoms with Gasteiger partial charge in [0.15, 0.2) is 0 Å². The third-order valence-electron chi connectivity index (χ3n) is 4.78. The van der Waals surface area contributed by atoms with Crippen molar-refractivity contribution >= 4 is 28.3 Å². The summed E-state index contributed by atoms with van der Waals surface area (Å²) >= 11 is 1.49. The molecule has 28 heavy (non-hydrogen) atoms. The summed E-state index contributed by atoms with van der Waals surface area (Å²) in [4.78, 5) is 20.7. The quantitative estimate of drug-likeness (QED) is 0.417. The van der Waals surface area contributed by atoms with Crippen LogP contribution in [-0.2, 0) is 6.54 Å². The molecule has 0 atom stereocenters. The number of unbranched alkanes of at least 4 members (excludes halogenated alkanes) is 1. The average molecular weight is 390 g/mol. The summed E-state index contributed by atoms with van der Waals surface area (Å²) in [6.07, 6.45) is 2.02. The fourth-order valence-corrected chi connectivity index (χ4v) is 4.07. The molecule has 0 aliphatic carbocycles. The van der Waals surface area contributed by atoms with Crippen molar-refractivity contribution < 1.29 is 4.79 Å². The van der Waals surface area contributed by atoms with Gasteiger partial charge in [-0.2, -0.15) is 0 Å². The molecule has 4 aromatic rings. The molecule has 2 heterocycles. The molecule has 5 heteroatoms. The van der Waals surface area contributed by atoms with E-state index in [1.165, 1.54) is 11.3 Å². The molecule has 1 amide bonds. The maximum Gasteiger partial charge on any atom is 0.264 e. The Hall–Kier alpha value is -2.92. The molecule has 0 aliphatic heterocycles. The van der Waals surface area contributed by atoms with E-state index in [0.29, 0.717) is 6.54 Å². The number of carbonyl (C=O) groups excluding carboxylic acids is 1. The molecular weight excluding hydrogens is 366 g/mol. The average Bonchev–Trinajstić information content (AvgIpc) is 3.39. The van der Waals surface area contributed by atoms with Crippen LogP contribution < -0.4 is 0 Å². The molecule has 2 aromatic heterocycles. The Morgan fingerprint density at radius 2 is 1.82 bits per heavy atom. The maximum atomic E-state index is 13.1. The Balaban J connectivity index is 1.75. The molecule has 2 aromatic carbocycles. The number of para-hydroxylation sites is 3. The third-order valence-corrected chi connectivity index (χ3v) is 5.64. The van der Waals surface area contributed by atoms with Crippen LogP contribution in [0.5, 0.6) is 0 Å². The van der Waals surface area contributed by atoms with Gasteiger partial charge in [0, 0.05) is 12.2 Å². The highest BCUT2D eigenvalue weighted by Gasteiger charge is 2.21. The van der Waals surface area contributed by atoms with E-state index in [-0.39, 0.29) is 5.91 Å². The van der Waals surface area contributed by atoms with Gasteiger partial charge in [-0.3, -0.25) is 9.36 Å². The van der Waals surface area contributed by atoms with Gasteiger partial charge in [0.25, 0.3) is 5.91 Å². The van der Waals surface area contributed by atoms with Gasteiger partial charge in [-0.05, 0) is 42.1 Å². The van der Waals surface area contributed by atoms with Crippen LogP contribution in [0.4, 0.5) is 0 Å². The van der Waals surface area contributed by atoms with Crippen LogP contribution in [-0.4, -0.2) is 26.9 Å². The highest BCUT2D eigenvalue weighted by molar-refractivity contribution is 7.12. The number of fused-ring (bicyclic) bond motifs is 1. The van der Waals surface area contributed by atoms with E-state index in [4.69, 9.17) is 4.98 Å². The first-order chi connectivity index (χ1) is 13.8. The smallest absolute Gasteiger partial charge is 0.264 e. The van der Waals surface area contributed by atoms with Crippen LogP contribution in [0.3, 0.4) is 0 Å². The number of benzene rings is 2. The molecule has 0 aliphatic rings. The number of thiophene rings is 1. The van der Waals surface area contributed by atoms with Gasteiger partial charge in [-0.25, -0.2) is 4.98 Å². The predicted molar refractivity (Wildman–Crippen MR) is 115 cm³/mol. The summed E-state index contributed by atoms with van der Waals surface area (Å²) in [6, 6.07) is 22.2. The molecule has 0 radical (unpaired) electrons. The third kappa shape index (κ3) is 3.71. The standard InChI is InChI=1S/C23H23N3OS/c1-2-3-15-25(23(27)21-14-9-16-28-21)17-22-24-19-12-7-8-13-20(19)26(22)18-10-5-4-6-11-18/h4-14,16H,2-3,15,17H2,1H3. The van der Waals surface area contributed by atoms with Gasteiger partial charge in [-0.1, -0.05) is 49.7 Å². The van der Waals surface area contributed by atoms with Crippen LogP contribution in [0.15, 0.2) is 72.1 Å². The summed E-state index contributed by atoms with van der Waals surface area (Å²) < 4.78 is 2.16. The Labute approximate surface area is 169 Å². The summed E-state index contributed by atoms with van der Waals surface area (Å²) in [5.74, 6) is 0.962. The molecule has 142 valence electrons. The van der Waals surface area contributed by atoms with Crippen molar-refractivity contribution in [2.75, 3.05) is 6.54 Å². The van der Waals surface area contributed by atoms with Gasteiger partial charge in [0.2, 0.25) is 0 Å². The molecule has 0 N–H and O–H groups in total. The van der Waals surface area contributed by atoms with Crippen LogP contribution in [0.25, 0.3) is 16.7 Å². The number of hydrogen-bond acceptors (Lipinski definition) is 3. The zero-order valence-corrected chi connectivity index (χ0v) is 16.7. The topological polar surface area (TPSA) is 38.1 Å². The minimum atomic E-state index is 0.0788. The lowest BCUT2D eigenvalue weighted by molar-refractivity contribution is 0.0741. The number of hydrogen-bond donors (Lipinski definition) is 0. The molecule has 0 saturated heterocycles. The van der Waals surface area contributed by atoms with E-state index in [1.807, 2.05) is 58.8 Å². The minimum Gasteiger partial charge on any atom is -0.330 e. The Bertz CT molecular complexity index is 1050. The maximum absolute atomic E-state index is 13.1. The number of aromatic nitrogens is 2. The molecule has 0 unspecified atom stereocenters. The lowest BCUT2D eigenvalue weighted by Gasteiger charge is -2.22. The molecular formula is C23H23N3OS. The second kappa shape index (κ2) is 8.40. The lowest BCUT2D eigenvalue weighted by atomic mass is 10.2. The van der Waals surface area contributed by atoms with E-state index in [9.17, 15) is 4.79 Å². The van der Waals surface area contributed by atoms with Crippen molar-refractivity contribution in [2.45, 2.75) is 26.3 Å². The molecule has 0 saturated carbocycles. The minimum absolute atomic E-state index is 0.0788. The number of imidazole rings is 1. The van der Waals surface area contributed by atoms with E-state index < -0.39 is 0 Å². The van der Waals surface area contributed by atoms with E-state index in [2.05, 4.69) is 29.7 Å². The van der Waals surface area contributed by atoms with Crippen LogP contribution >= 0.6 is 11.3 Å². The summed E-state index contributed by atoms with van der Waals surface area (Å²) in [7, 11) is 0. The van der Waals surface area contributed by atoms with Gasteiger partial charge in [-0.15, -0.1) is 11.3 Å². The van der Waals surface area contributed by atoms with E-state index >= 15 is 0 Å². The van der Waals surface area contributed by atoms with Crippen molar-refractivity contribution in [3.63, 3.8) is 0 Å². The van der Waals surface area contributed by atoms with Gasteiger partial charge >= 0.3 is 0 Å². The fraction of sp³-hybridized carbons (Fsp3) is 0.217. The van der Waals surface area contributed by atoms with Gasteiger partial charge in [0.05, 0.1) is 22.5 Å². The number of rotatable bonds is 7. The fourth-order valence-electron chi connectivity index (χ4n) is 3.38. The zero-order chi connectivity index (χ0) is 19.3. The van der Waals surface area contributed by atoms with Crippen LogP contribution in [0, 0.1) is 0 Å². The normalized spacial score (nSPS) is 11.0. The summed E-state index contributed by atoms with van der Waals surface area (Å²) in [5.41, 5.74) is 3.06. The highest BCUT2D eigenvalue weighted by atomic mass is 32.1. The van der Waals surface area contributed by atoms with Crippen LogP contribution in [0.1, 0.15) is 35.3 Å². The van der Waals surface area contributed by atoms with Crippen molar-refractivity contribution in [1.82, 2.24) is 14.5 Å². The molecule has 0 spiro atoms. The zero-order valence-electron chi connectivity index (χ0n) is 15.9. The second-order valence-electron chi connectivity index (χ2n) is 6.75. The van der Waals surface area contributed by atoms with Crippen molar-refractivity contribution in [2.24, 2.45) is 0 Å². The Kier molecular flexibility index (Phi) is 5.53. The number of carbonyl (C=O) groups is 1. The highest BCUT2D eigenvalue weighted by Crippen LogP contribution is 2.23. The molecule has 4 nitrogen and oxygen atoms in total. The van der Waals surface area contributed by atoms with Crippen molar-refractivity contribution in [3.05, 3.63) is 82.8 Å². The Morgan fingerprint density at radius 1 is 1.04 bits per heavy atom. The largest absolute Gasteiger partial charge is 0.330 e. The number of amides is 1.